The van der Waals surface area contributed by atoms with Crippen LogP contribution in [0.4, 0.5) is 4.39 Å². The Morgan fingerprint density at radius 2 is 1.94 bits per heavy atom. The van der Waals surface area contributed by atoms with Crippen molar-refractivity contribution in [2.24, 2.45) is 0 Å². The lowest BCUT2D eigenvalue weighted by Gasteiger charge is -2.26. The van der Waals surface area contributed by atoms with Gasteiger partial charge in [0, 0.05) is 5.56 Å². The number of phenols is 1. The van der Waals surface area contributed by atoms with E-state index in [-0.39, 0.29) is 17.4 Å². The summed E-state index contributed by atoms with van der Waals surface area (Å²) in [7, 11) is 0. The first-order valence-corrected chi connectivity index (χ1v) is 6.29. The Labute approximate surface area is 105 Å². The number of hydrogen-bond acceptors (Lipinski definition) is 4. The van der Waals surface area contributed by atoms with E-state index in [1.807, 2.05) is 0 Å². The molecule has 1 fully saturated rings. The Hall–Kier alpha value is -1.49. The Morgan fingerprint density at radius 1 is 1.22 bits per heavy atom. The van der Waals surface area contributed by atoms with Gasteiger partial charge in [0.2, 0.25) is 11.6 Å². The van der Waals surface area contributed by atoms with Crippen LogP contribution in [-0.2, 0) is 0 Å². The summed E-state index contributed by atoms with van der Waals surface area (Å²) in [4.78, 5) is 0. The average molecular weight is 253 g/mol. The monoisotopic (exact) mass is 253 g/mol. The maximum absolute atomic E-state index is 14.0. The number of hydrogen-bond donors (Lipinski definition) is 2. The second kappa shape index (κ2) is 4.65. The number of nitrogens with one attached hydrogen (secondary N) is 1. The number of piperidine rings is 1. The molecule has 0 radical (unpaired) electrons. The quantitative estimate of drug-likeness (QED) is 0.801. The molecule has 2 aliphatic heterocycles. The molecule has 0 aromatic heterocycles. The maximum atomic E-state index is 14.0. The summed E-state index contributed by atoms with van der Waals surface area (Å²) < 4.78 is 24.6. The summed E-state index contributed by atoms with van der Waals surface area (Å²) in [6.07, 6.45) is 1.79. The summed E-state index contributed by atoms with van der Waals surface area (Å²) in [5.74, 6) is -0.357. The third-order valence-corrected chi connectivity index (χ3v) is 3.56. The van der Waals surface area contributed by atoms with Crippen molar-refractivity contribution in [3.63, 3.8) is 0 Å². The first-order chi connectivity index (χ1) is 8.77. The fourth-order valence-corrected chi connectivity index (χ4v) is 2.60. The molecule has 0 atom stereocenters. The van der Waals surface area contributed by atoms with Gasteiger partial charge in [-0.05, 0) is 37.9 Å². The van der Waals surface area contributed by atoms with Gasteiger partial charge in [-0.15, -0.1) is 0 Å². The molecule has 0 saturated carbocycles. The number of phenolic OH excluding ortho intramolecular Hbond substituents is 1. The number of ether oxygens (including phenoxy) is 2. The van der Waals surface area contributed by atoms with Crippen LogP contribution in [0.3, 0.4) is 0 Å². The molecule has 98 valence electrons. The van der Waals surface area contributed by atoms with Gasteiger partial charge in [-0.25, -0.2) is 0 Å². The molecule has 1 saturated heterocycles. The van der Waals surface area contributed by atoms with Crippen LogP contribution in [0.5, 0.6) is 17.2 Å². The summed E-state index contributed by atoms with van der Waals surface area (Å²) in [6, 6.07) is 1.73. The third-order valence-electron chi connectivity index (χ3n) is 3.56. The van der Waals surface area contributed by atoms with Crippen LogP contribution in [0.2, 0.25) is 0 Å². The van der Waals surface area contributed by atoms with Gasteiger partial charge in [0.25, 0.3) is 0 Å². The van der Waals surface area contributed by atoms with Crippen LogP contribution in [0, 0.1) is 5.82 Å². The molecule has 4 nitrogen and oxygen atoms in total. The minimum absolute atomic E-state index is 0.0384. The zero-order valence-electron chi connectivity index (χ0n) is 10.0. The molecule has 0 aliphatic carbocycles. The van der Waals surface area contributed by atoms with Crippen molar-refractivity contribution in [1.29, 1.82) is 0 Å². The summed E-state index contributed by atoms with van der Waals surface area (Å²) >= 11 is 0. The molecule has 5 heteroatoms. The molecule has 2 heterocycles. The van der Waals surface area contributed by atoms with E-state index in [9.17, 15) is 9.50 Å². The molecule has 2 N–H and O–H groups in total. The van der Waals surface area contributed by atoms with Gasteiger partial charge < -0.3 is 19.9 Å². The van der Waals surface area contributed by atoms with Crippen molar-refractivity contribution in [2.45, 2.75) is 18.8 Å². The van der Waals surface area contributed by atoms with Crippen LogP contribution in [0.15, 0.2) is 6.07 Å². The van der Waals surface area contributed by atoms with E-state index >= 15 is 0 Å². The number of halogens is 1. The van der Waals surface area contributed by atoms with Gasteiger partial charge >= 0.3 is 0 Å². The molecular weight excluding hydrogens is 237 g/mol. The standard InChI is InChI=1S/C13H16FNO3/c14-11-12(16)9(8-1-3-15-4-2-8)7-10-13(11)18-6-5-17-10/h7-8,15-16H,1-6H2. The van der Waals surface area contributed by atoms with E-state index in [1.54, 1.807) is 6.07 Å². The highest BCUT2D eigenvalue weighted by molar-refractivity contribution is 5.53. The Bertz CT molecular complexity index is 458. The Morgan fingerprint density at radius 3 is 2.72 bits per heavy atom. The fourth-order valence-electron chi connectivity index (χ4n) is 2.60. The lowest BCUT2D eigenvalue weighted by molar-refractivity contribution is 0.162. The highest BCUT2D eigenvalue weighted by Crippen LogP contribution is 2.44. The van der Waals surface area contributed by atoms with Gasteiger partial charge in [-0.2, -0.15) is 4.39 Å². The van der Waals surface area contributed by atoms with Gasteiger partial charge in [-0.1, -0.05) is 0 Å². The van der Waals surface area contributed by atoms with Crippen molar-refractivity contribution in [3.05, 3.63) is 17.4 Å². The van der Waals surface area contributed by atoms with Gasteiger partial charge in [-0.3, -0.25) is 0 Å². The van der Waals surface area contributed by atoms with Crippen molar-refractivity contribution in [1.82, 2.24) is 5.32 Å². The number of fused-ring (bicyclic) bond motifs is 1. The summed E-state index contributed by atoms with van der Waals surface area (Å²) in [5, 5.41) is 13.2. The van der Waals surface area contributed by atoms with Crippen LogP contribution < -0.4 is 14.8 Å². The lowest BCUT2D eigenvalue weighted by Crippen LogP contribution is -2.27. The van der Waals surface area contributed by atoms with Crippen LogP contribution in [0.1, 0.15) is 24.3 Å². The smallest absolute Gasteiger partial charge is 0.210 e. The molecular formula is C13H16FNO3. The van der Waals surface area contributed by atoms with E-state index in [0.717, 1.165) is 25.9 Å². The Balaban J connectivity index is 2.01. The molecule has 3 rings (SSSR count). The number of benzene rings is 1. The van der Waals surface area contributed by atoms with E-state index in [1.165, 1.54) is 0 Å². The first-order valence-electron chi connectivity index (χ1n) is 6.29. The average Bonchev–Trinajstić information content (AvgIpc) is 2.44. The van der Waals surface area contributed by atoms with Crippen molar-refractivity contribution < 1.29 is 19.0 Å². The predicted molar refractivity (Wildman–Crippen MR) is 63.9 cm³/mol. The molecule has 1 aromatic carbocycles. The normalized spacial score (nSPS) is 19.8. The van der Waals surface area contributed by atoms with Gasteiger partial charge in [0.15, 0.2) is 11.5 Å². The first kappa shape index (κ1) is 11.6. The highest BCUT2D eigenvalue weighted by Gasteiger charge is 2.27. The van der Waals surface area contributed by atoms with Crippen molar-refractivity contribution in [2.75, 3.05) is 26.3 Å². The summed E-state index contributed by atoms with van der Waals surface area (Å²) in [5.41, 5.74) is 0.637. The molecule has 1 aromatic rings. The van der Waals surface area contributed by atoms with Crippen molar-refractivity contribution in [3.8, 4) is 17.2 Å². The van der Waals surface area contributed by atoms with Crippen LogP contribution in [0.25, 0.3) is 0 Å². The molecule has 0 bridgehead atoms. The van der Waals surface area contributed by atoms with Crippen molar-refractivity contribution >= 4 is 0 Å². The molecule has 0 unspecified atom stereocenters. The largest absolute Gasteiger partial charge is 0.505 e. The minimum Gasteiger partial charge on any atom is -0.505 e. The topological polar surface area (TPSA) is 50.7 Å². The van der Waals surface area contributed by atoms with Crippen LogP contribution in [-0.4, -0.2) is 31.4 Å². The zero-order chi connectivity index (χ0) is 12.5. The van der Waals surface area contributed by atoms with Gasteiger partial charge in [0.05, 0.1) is 0 Å². The summed E-state index contributed by atoms with van der Waals surface area (Å²) in [6.45, 7) is 2.51. The van der Waals surface area contributed by atoms with E-state index in [4.69, 9.17) is 9.47 Å². The molecule has 0 amide bonds. The second-order valence-corrected chi connectivity index (χ2v) is 4.68. The molecule has 18 heavy (non-hydrogen) atoms. The SMILES string of the molecule is Oc1c(C2CCNCC2)cc2c(c1F)OCCO2. The Kier molecular flexibility index (Phi) is 2.99. The number of rotatable bonds is 1. The highest BCUT2D eigenvalue weighted by atomic mass is 19.1. The van der Waals surface area contributed by atoms with E-state index in [2.05, 4.69) is 5.32 Å². The lowest BCUT2D eigenvalue weighted by atomic mass is 9.89. The molecule has 0 spiro atoms. The second-order valence-electron chi connectivity index (χ2n) is 4.68. The minimum atomic E-state index is -0.694. The third kappa shape index (κ3) is 1.88. The van der Waals surface area contributed by atoms with E-state index in [0.29, 0.717) is 24.5 Å². The van der Waals surface area contributed by atoms with E-state index < -0.39 is 5.82 Å². The zero-order valence-corrected chi connectivity index (χ0v) is 10.0. The number of aromatic hydroxyl groups is 1. The molecule has 2 aliphatic rings. The van der Waals surface area contributed by atoms with Gasteiger partial charge in [0.1, 0.15) is 13.2 Å². The predicted octanol–water partition coefficient (Wildman–Crippen LogP) is 1.77. The maximum Gasteiger partial charge on any atom is 0.210 e. The van der Waals surface area contributed by atoms with Crippen LogP contribution >= 0.6 is 0 Å². The fraction of sp³-hybridized carbons (Fsp3) is 0.538.